The molecule has 1 amide bonds. The number of carbonyl (C=O) groups is 1. The van der Waals surface area contributed by atoms with E-state index in [1.54, 1.807) is 31.5 Å². The molecule has 0 aliphatic carbocycles. The smallest absolute Gasteiger partial charge is 0.255 e. The molecule has 0 unspecified atom stereocenters. The van der Waals surface area contributed by atoms with Gasteiger partial charge >= 0.3 is 0 Å². The Balaban J connectivity index is 1.47. The van der Waals surface area contributed by atoms with Crippen LogP contribution in [0.1, 0.15) is 21.7 Å². The van der Waals surface area contributed by atoms with Gasteiger partial charge in [-0.05, 0) is 48.9 Å². The number of anilines is 1. The first-order valence-corrected chi connectivity index (χ1v) is 9.81. The van der Waals surface area contributed by atoms with Crippen LogP contribution in [0.25, 0.3) is 11.5 Å². The molecule has 1 heterocycles. The number of oxazole rings is 1. The van der Waals surface area contributed by atoms with Crippen molar-refractivity contribution in [2.75, 3.05) is 12.4 Å². The fourth-order valence-corrected chi connectivity index (χ4v) is 3.08. The van der Waals surface area contributed by atoms with Gasteiger partial charge in [0, 0.05) is 16.8 Å². The number of ether oxygens (including phenoxy) is 2. The predicted molar refractivity (Wildman–Crippen MR) is 118 cm³/mol. The third kappa shape index (κ3) is 4.93. The summed E-state index contributed by atoms with van der Waals surface area (Å²) >= 11 is 0. The summed E-state index contributed by atoms with van der Waals surface area (Å²) in [5.41, 5.74) is 2.93. The SMILES string of the molecule is COc1cc(C(=O)Nc2cccc(-c3ncc(C)o3)c2)ccc1OCc1ccccc1. The van der Waals surface area contributed by atoms with Gasteiger partial charge in [-0.15, -0.1) is 0 Å². The minimum Gasteiger partial charge on any atom is -0.493 e. The van der Waals surface area contributed by atoms with E-state index in [0.717, 1.165) is 16.9 Å². The Kier molecular flexibility index (Phi) is 5.98. The Hall–Kier alpha value is -4.06. The molecule has 3 aromatic carbocycles. The zero-order chi connectivity index (χ0) is 21.6. The molecule has 4 aromatic rings. The van der Waals surface area contributed by atoms with Crippen LogP contribution >= 0.6 is 0 Å². The quantitative estimate of drug-likeness (QED) is 0.433. The molecule has 0 radical (unpaired) electrons. The van der Waals surface area contributed by atoms with Crippen LogP contribution in [0.2, 0.25) is 0 Å². The Bertz CT molecular complexity index is 1190. The Labute approximate surface area is 180 Å². The zero-order valence-corrected chi connectivity index (χ0v) is 17.3. The standard InChI is InChI=1S/C25H22N2O4/c1-17-15-26-25(31-17)20-9-6-10-21(13-20)27-24(28)19-11-12-22(23(14-19)29-2)30-16-18-7-4-3-5-8-18/h3-15H,16H2,1-2H3,(H,27,28). The molecule has 6 heteroatoms. The van der Waals surface area contributed by atoms with Gasteiger partial charge in [-0.1, -0.05) is 36.4 Å². The second kappa shape index (κ2) is 9.17. The van der Waals surface area contributed by atoms with E-state index in [1.165, 1.54) is 0 Å². The van der Waals surface area contributed by atoms with Gasteiger partial charge < -0.3 is 19.2 Å². The van der Waals surface area contributed by atoms with Crippen molar-refractivity contribution in [2.24, 2.45) is 0 Å². The van der Waals surface area contributed by atoms with Crippen LogP contribution in [0.3, 0.4) is 0 Å². The van der Waals surface area contributed by atoms with Gasteiger partial charge in [-0.25, -0.2) is 4.98 Å². The van der Waals surface area contributed by atoms with Crippen molar-refractivity contribution < 1.29 is 18.7 Å². The average Bonchev–Trinajstić information content (AvgIpc) is 3.24. The predicted octanol–water partition coefficient (Wildman–Crippen LogP) is 5.49. The number of nitrogens with zero attached hydrogens (tertiary/aromatic N) is 1. The molecule has 0 atom stereocenters. The Morgan fingerprint density at radius 2 is 1.84 bits per heavy atom. The van der Waals surface area contributed by atoms with Crippen LogP contribution in [-0.2, 0) is 6.61 Å². The Morgan fingerprint density at radius 1 is 1.00 bits per heavy atom. The van der Waals surface area contributed by atoms with Gasteiger partial charge in [0.05, 0.1) is 13.3 Å². The van der Waals surface area contributed by atoms with E-state index >= 15 is 0 Å². The van der Waals surface area contributed by atoms with Crippen molar-refractivity contribution in [1.29, 1.82) is 0 Å². The fourth-order valence-electron chi connectivity index (χ4n) is 3.08. The highest BCUT2D eigenvalue weighted by atomic mass is 16.5. The number of aryl methyl sites for hydroxylation is 1. The summed E-state index contributed by atoms with van der Waals surface area (Å²) in [5, 5.41) is 2.90. The van der Waals surface area contributed by atoms with Gasteiger partial charge in [-0.2, -0.15) is 0 Å². The number of hydrogen-bond acceptors (Lipinski definition) is 5. The number of rotatable bonds is 7. The van der Waals surface area contributed by atoms with Gasteiger partial charge in [0.15, 0.2) is 11.5 Å². The van der Waals surface area contributed by atoms with Crippen LogP contribution in [0.5, 0.6) is 11.5 Å². The lowest BCUT2D eigenvalue weighted by Gasteiger charge is -2.13. The van der Waals surface area contributed by atoms with Crippen molar-refractivity contribution in [1.82, 2.24) is 4.98 Å². The molecule has 31 heavy (non-hydrogen) atoms. The molecule has 0 aliphatic rings. The molecule has 6 nitrogen and oxygen atoms in total. The summed E-state index contributed by atoms with van der Waals surface area (Å²) in [6.07, 6.45) is 1.66. The van der Waals surface area contributed by atoms with Crippen LogP contribution in [0.4, 0.5) is 5.69 Å². The fraction of sp³-hybridized carbons (Fsp3) is 0.120. The number of benzene rings is 3. The molecule has 0 saturated carbocycles. The number of nitrogens with one attached hydrogen (secondary N) is 1. The van der Waals surface area contributed by atoms with Crippen LogP contribution in [0, 0.1) is 6.92 Å². The number of amides is 1. The van der Waals surface area contributed by atoms with Gasteiger partial charge in [-0.3, -0.25) is 4.79 Å². The second-order valence-corrected chi connectivity index (χ2v) is 6.95. The monoisotopic (exact) mass is 414 g/mol. The van der Waals surface area contributed by atoms with Gasteiger partial charge in [0.2, 0.25) is 5.89 Å². The molecule has 1 N–H and O–H groups in total. The maximum atomic E-state index is 12.8. The number of hydrogen-bond donors (Lipinski definition) is 1. The van der Waals surface area contributed by atoms with E-state index in [9.17, 15) is 4.79 Å². The molecule has 0 aliphatic heterocycles. The van der Waals surface area contributed by atoms with E-state index in [0.29, 0.717) is 35.2 Å². The maximum Gasteiger partial charge on any atom is 0.255 e. The van der Waals surface area contributed by atoms with Crippen molar-refractivity contribution in [3.8, 4) is 23.0 Å². The second-order valence-electron chi connectivity index (χ2n) is 6.95. The molecule has 156 valence electrons. The topological polar surface area (TPSA) is 73.6 Å². The van der Waals surface area contributed by atoms with E-state index in [4.69, 9.17) is 13.9 Å². The first kappa shape index (κ1) is 20.2. The summed E-state index contributed by atoms with van der Waals surface area (Å²) in [5.74, 6) is 2.05. The van der Waals surface area contributed by atoms with Crippen molar-refractivity contribution in [3.05, 3.63) is 95.9 Å². The highest BCUT2D eigenvalue weighted by Crippen LogP contribution is 2.29. The molecule has 1 aromatic heterocycles. The molecular weight excluding hydrogens is 392 g/mol. The Morgan fingerprint density at radius 3 is 2.58 bits per heavy atom. The molecule has 4 rings (SSSR count). The highest BCUT2D eigenvalue weighted by molar-refractivity contribution is 6.04. The van der Waals surface area contributed by atoms with Crippen molar-refractivity contribution >= 4 is 11.6 Å². The maximum absolute atomic E-state index is 12.8. The minimum atomic E-state index is -0.256. The third-order valence-electron chi connectivity index (χ3n) is 4.65. The van der Waals surface area contributed by atoms with E-state index in [2.05, 4.69) is 10.3 Å². The zero-order valence-electron chi connectivity index (χ0n) is 17.3. The number of carbonyl (C=O) groups excluding carboxylic acids is 1. The third-order valence-corrected chi connectivity index (χ3v) is 4.65. The molecule has 0 fully saturated rings. The summed E-state index contributed by atoms with van der Waals surface area (Å²) in [7, 11) is 1.55. The van der Waals surface area contributed by atoms with Crippen LogP contribution in [-0.4, -0.2) is 18.0 Å². The minimum absolute atomic E-state index is 0.256. The van der Waals surface area contributed by atoms with Crippen LogP contribution < -0.4 is 14.8 Å². The van der Waals surface area contributed by atoms with E-state index in [-0.39, 0.29) is 5.91 Å². The highest BCUT2D eigenvalue weighted by Gasteiger charge is 2.13. The van der Waals surface area contributed by atoms with Gasteiger partial charge in [0.25, 0.3) is 5.91 Å². The molecular formula is C25H22N2O4. The van der Waals surface area contributed by atoms with Crippen molar-refractivity contribution in [3.63, 3.8) is 0 Å². The summed E-state index contributed by atoms with van der Waals surface area (Å²) in [6, 6.07) is 22.3. The van der Waals surface area contributed by atoms with Crippen molar-refractivity contribution in [2.45, 2.75) is 13.5 Å². The lowest BCUT2D eigenvalue weighted by molar-refractivity contribution is 0.102. The number of methoxy groups -OCH3 is 1. The lowest BCUT2D eigenvalue weighted by atomic mass is 10.1. The molecule has 0 spiro atoms. The summed E-state index contributed by atoms with van der Waals surface area (Å²) in [6.45, 7) is 2.25. The molecule has 0 saturated heterocycles. The number of aromatic nitrogens is 1. The van der Waals surface area contributed by atoms with Crippen LogP contribution in [0.15, 0.2) is 83.4 Å². The van der Waals surface area contributed by atoms with E-state index in [1.807, 2.05) is 61.5 Å². The largest absolute Gasteiger partial charge is 0.493 e. The lowest BCUT2D eigenvalue weighted by Crippen LogP contribution is -2.12. The first-order chi connectivity index (χ1) is 15.1. The molecule has 0 bridgehead atoms. The van der Waals surface area contributed by atoms with Gasteiger partial charge in [0.1, 0.15) is 12.4 Å². The summed E-state index contributed by atoms with van der Waals surface area (Å²) in [4.78, 5) is 17.0. The average molecular weight is 414 g/mol. The normalized spacial score (nSPS) is 10.5. The first-order valence-electron chi connectivity index (χ1n) is 9.81. The summed E-state index contributed by atoms with van der Waals surface area (Å²) < 4.78 is 16.8. The van der Waals surface area contributed by atoms with E-state index < -0.39 is 0 Å².